The molecule has 1 aromatic carbocycles. The van der Waals surface area contributed by atoms with E-state index in [1.165, 1.54) is 16.7 Å². The van der Waals surface area contributed by atoms with Crippen LogP contribution in [0.1, 0.15) is 57.7 Å². The summed E-state index contributed by atoms with van der Waals surface area (Å²) in [5.41, 5.74) is 3.78. The van der Waals surface area contributed by atoms with Crippen molar-refractivity contribution in [3.8, 4) is 0 Å². The van der Waals surface area contributed by atoms with Crippen molar-refractivity contribution < 1.29 is 18.9 Å². The summed E-state index contributed by atoms with van der Waals surface area (Å²) in [7, 11) is 0. The summed E-state index contributed by atoms with van der Waals surface area (Å²) in [6.45, 7) is 15.5. The van der Waals surface area contributed by atoms with Gasteiger partial charge in [-0.3, -0.25) is 0 Å². The molecule has 1 aromatic rings. The molecular weight excluding hydrogens is 328 g/mol. The molecule has 5 atom stereocenters. The number of rotatable bonds is 6. The molecule has 0 spiro atoms. The highest BCUT2D eigenvalue weighted by atomic mass is 16.8. The molecule has 0 amide bonds. The Balaban J connectivity index is 1.76. The summed E-state index contributed by atoms with van der Waals surface area (Å²) < 4.78 is 25.1. The first-order valence-corrected chi connectivity index (χ1v) is 9.89. The minimum absolute atomic E-state index is 0.00559. The van der Waals surface area contributed by atoms with Gasteiger partial charge in [0.2, 0.25) is 0 Å². The van der Waals surface area contributed by atoms with Crippen LogP contribution in [-0.4, -0.2) is 30.4 Å². The summed E-state index contributed by atoms with van der Waals surface area (Å²) in [6, 6.07) is 6.36. The van der Waals surface area contributed by atoms with Gasteiger partial charge in [0.25, 0.3) is 0 Å². The van der Waals surface area contributed by atoms with Gasteiger partial charge in [0.1, 0.15) is 12.2 Å². The molecule has 2 heterocycles. The van der Waals surface area contributed by atoms with Crippen molar-refractivity contribution in [2.75, 3.05) is 0 Å². The Hall–Kier alpha value is -0.940. The predicted molar refractivity (Wildman–Crippen MR) is 102 cm³/mol. The minimum Gasteiger partial charge on any atom is -0.368 e. The number of ether oxygens (including phenoxy) is 4. The SMILES string of the molecule is Cc1cccc(C)c1CO[C@@H]1[C@H]2OC(C)(C(C)C)O[C@H]2O[C@@H]1CC(C)C. The molecule has 0 aromatic heterocycles. The fourth-order valence-electron chi connectivity index (χ4n) is 3.82. The van der Waals surface area contributed by atoms with Crippen LogP contribution in [-0.2, 0) is 25.6 Å². The van der Waals surface area contributed by atoms with Gasteiger partial charge >= 0.3 is 0 Å². The summed E-state index contributed by atoms with van der Waals surface area (Å²) in [4.78, 5) is 0. The molecule has 1 unspecified atom stereocenters. The van der Waals surface area contributed by atoms with Gasteiger partial charge in [-0.25, -0.2) is 0 Å². The van der Waals surface area contributed by atoms with Gasteiger partial charge in [-0.1, -0.05) is 45.9 Å². The Morgan fingerprint density at radius 3 is 2.31 bits per heavy atom. The fraction of sp³-hybridized carbons (Fsp3) is 0.727. The van der Waals surface area contributed by atoms with E-state index < -0.39 is 5.79 Å². The first-order valence-electron chi connectivity index (χ1n) is 9.89. The van der Waals surface area contributed by atoms with Crippen LogP contribution in [0.25, 0.3) is 0 Å². The van der Waals surface area contributed by atoms with Crippen molar-refractivity contribution >= 4 is 0 Å². The zero-order valence-electron chi connectivity index (χ0n) is 17.2. The highest BCUT2D eigenvalue weighted by molar-refractivity contribution is 5.32. The molecule has 26 heavy (non-hydrogen) atoms. The largest absolute Gasteiger partial charge is 0.368 e. The van der Waals surface area contributed by atoms with E-state index in [9.17, 15) is 0 Å². The van der Waals surface area contributed by atoms with E-state index in [2.05, 4.69) is 59.7 Å². The third kappa shape index (κ3) is 3.84. The number of fused-ring (bicyclic) bond motifs is 1. The second-order valence-corrected chi connectivity index (χ2v) is 8.69. The van der Waals surface area contributed by atoms with Crippen LogP contribution in [0.15, 0.2) is 18.2 Å². The normalized spacial score (nSPS) is 34.0. The number of hydrogen-bond donors (Lipinski definition) is 0. The Morgan fingerprint density at radius 1 is 1.08 bits per heavy atom. The van der Waals surface area contributed by atoms with Gasteiger partial charge in [-0.15, -0.1) is 0 Å². The molecule has 3 rings (SSSR count). The lowest BCUT2D eigenvalue weighted by molar-refractivity contribution is -0.248. The zero-order valence-corrected chi connectivity index (χ0v) is 17.2. The van der Waals surface area contributed by atoms with Crippen LogP contribution in [0.3, 0.4) is 0 Å². The van der Waals surface area contributed by atoms with Crippen LogP contribution in [0, 0.1) is 25.7 Å². The van der Waals surface area contributed by atoms with E-state index in [-0.39, 0.29) is 30.5 Å². The molecule has 4 nitrogen and oxygen atoms in total. The van der Waals surface area contributed by atoms with E-state index in [0.29, 0.717) is 12.5 Å². The summed E-state index contributed by atoms with van der Waals surface area (Å²) >= 11 is 0. The molecular formula is C22H34O4. The lowest BCUT2D eigenvalue weighted by atomic mass is 9.99. The van der Waals surface area contributed by atoms with E-state index >= 15 is 0 Å². The molecule has 0 bridgehead atoms. The van der Waals surface area contributed by atoms with E-state index in [0.717, 1.165) is 6.42 Å². The second kappa shape index (κ2) is 7.59. The summed E-state index contributed by atoms with van der Waals surface area (Å²) in [5.74, 6) is 0.166. The van der Waals surface area contributed by atoms with Crippen LogP contribution in [0.2, 0.25) is 0 Å². The number of benzene rings is 1. The third-order valence-corrected chi connectivity index (χ3v) is 5.80. The maximum absolute atomic E-state index is 6.42. The Bertz CT molecular complexity index is 606. The van der Waals surface area contributed by atoms with Gasteiger partial charge in [0.15, 0.2) is 12.1 Å². The molecule has 2 saturated heterocycles. The van der Waals surface area contributed by atoms with Gasteiger partial charge in [-0.05, 0) is 49.8 Å². The van der Waals surface area contributed by atoms with Crippen LogP contribution in [0.5, 0.6) is 0 Å². The maximum atomic E-state index is 6.42. The van der Waals surface area contributed by atoms with Crippen molar-refractivity contribution in [1.29, 1.82) is 0 Å². The van der Waals surface area contributed by atoms with Crippen molar-refractivity contribution in [2.24, 2.45) is 11.8 Å². The van der Waals surface area contributed by atoms with Gasteiger partial charge in [0, 0.05) is 5.92 Å². The quantitative estimate of drug-likeness (QED) is 0.732. The van der Waals surface area contributed by atoms with Gasteiger partial charge in [-0.2, -0.15) is 0 Å². The number of aryl methyl sites for hydroxylation is 2. The number of hydrogen-bond acceptors (Lipinski definition) is 4. The third-order valence-electron chi connectivity index (χ3n) is 5.80. The highest BCUT2D eigenvalue weighted by Crippen LogP contribution is 2.43. The van der Waals surface area contributed by atoms with Crippen LogP contribution in [0.4, 0.5) is 0 Å². The predicted octanol–water partition coefficient (Wildman–Crippen LogP) is 4.75. The Morgan fingerprint density at radius 2 is 1.73 bits per heavy atom. The van der Waals surface area contributed by atoms with Crippen LogP contribution >= 0.6 is 0 Å². The van der Waals surface area contributed by atoms with E-state index in [4.69, 9.17) is 18.9 Å². The molecule has 4 heteroatoms. The first-order chi connectivity index (χ1) is 12.2. The summed E-state index contributed by atoms with van der Waals surface area (Å²) in [5, 5.41) is 0. The van der Waals surface area contributed by atoms with Crippen molar-refractivity contribution in [1.82, 2.24) is 0 Å². The topological polar surface area (TPSA) is 36.9 Å². The standard InChI is InChI=1S/C22H34O4/c1-13(2)11-18-19(23-12-17-15(5)9-8-10-16(17)6)20-21(24-18)26-22(7,25-20)14(3)4/h8-10,13-14,18-21H,11-12H2,1-7H3/t18-,19+,20-,21-,22?/m1/s1. The average Bonchev–Trinajstić information content (AvgIpc) is 3.01. The maximum Gasteiger partial charge on any atom is 0.190 e. The van der Waals surface area contributed by atoms with E-state index in [1.54, 1.807) is 0 Å². The molecule has 0 aliphatic carbocycles. The van der Waals surface area contributed by atoms with Crippen molar-refractivity contribution in [3.63, 3.8) is 0 Å². The van der Waals surface area contributed by atoms with Crippen LogP contribution < -0.4 is 0 Å². The average molecular weight is 363 g/mol. The van der Waals surface area contributed by atoms with Gasteiger partial charge < -0.3 is 18.9 Å². The Kier molecular flexibility index (Phi) is 5.78. The lowest BCUT2D eigenvalue weighted by Gasteiger charge is -2.31. The lowest BCUT2D eigenvalue weighted by Crippen LogP contribution is -2.40. The zero-order chi connectivity index (χ0) is 19.1. The minimum atomic E-state index is -0.613. The van der Waals surface area contributed by atoms with Gasteiger partial charge in [0.05, 0.1) is 12.7 Å². The Labute approximate surface area is 158 Å². The first kappa shape index (κ1) is 19.8. The van der Waals surface area contributed by atoms with Crippen molar-refractivity contribution in [2.45, 2.75) is 91.9 Å². The molecule has 2 aliphatic heterocycles. The molecule has 0 radical (unpaired) electrons. The smallest absolute Gasteiger partial charge is 0.190 e. The second-order valence-electron chi connectivity index (χ2n) is 8.69. The molecule has 0 saturated carbocycles. The van der Waals surface area contributed by atoms with E-state index in [1.807, 2.05) is 6.92 Å². The van der Waals surface area contributed by atoms with Crippen molar-refractivity contribution in [3.05, 3.63) is 34.9 Å². The fourth-order valence-corrected chi connectivity index (χ4v) is 3.82. The highest BCUT2D eigenvalue weighted by Gasteiger charge is 2.57. The molecule has 2 fully saturated rings. The molecule has 146 valence electrons. The summed E-state index contributed by atoms with van der Waals surface area (Å²) in [6.07, 6.45) is 0.327. The molecule has 2 aliphatic rings. The molecule has 0 N–H and O–H groups in total. The monoisotopic (exact) mass is 362 g/mol.